The van der Waals surface area contributed by atoms with Crippen LogP contribution in [0.15, 0.2) is 30.3 Å². The Hall–Kier alpha value is -1.39. The second-order valence-electron chi connectivity index (χ2n) is 3.54. The first-order valence-electron chi connectivity index (χ1n) is 4.75. The summed E-state index contributed by atoms with van der Waals surface area (Å²) in [5, 5.41) is 18.4. The Labute approximate surface area is 88.3 Å². The van der Waals surface area contributed by atoms with Gasteiger partial charge in [0.2, 0.25) is 0 Å². The van der Waals surface area contributed by atoms with Crippen LogP contribution in [0.5, 0.6) is 0 Å². The van der Waals surface area contributed by atoms with Gasteiger partial charge in [-0.25, -0.2) is 0 Å². The van der Waals surface area contributed by atoms with E-state index in [1.165, 1.54) is 0 Å². The van der Waals surface area contributed by atoms with Gasteiger partial charge in [0.25, 0.3) is 0 Å². The monoisotopic (exact) mass is 209 g/mol. The Bertz CT molecular complexity index is 324. The van der Waals surface area contributed by atoms with E-state index in [0.717, 1.165) is 5.56 Å². The van der Waals surface area contributed by atoms with Crippen LogP contribution in [-0.2, 0) is 4.79 Å². The Morgan fingerprint density at radius 1 is 1.33 bits per heavy atom. The number of carboxylic acid groups (broad SMARTS) is 1. The van der Waals surface area contributed by atoms with Crippen molar-refractivity contribution in [3.63, 3.8) is 0 Å². The number of benzene rings is 1. The molecule has 0 saturated heterocycles. The van der Waals surface area contributed by atoms with Crippen molar-refractivity contribution in [2.24, 2.45) is 5.73 Å². The molecule has 1 rings (SSSR count). The van der Waals surface area contributed by atoms with Gasteiger partial charge in [0, 0.05) is 5.92 Å². The molecule has 1 aromatic rings. The zero-order valence-corrected chi connectivity index (χ0v) is 8.50. The van der Waals surface area contributed by atoms with Crippen molar-refractivity contribution in [2.75, 3.05) is 0 Å². The van der Waals surface area contributed by atoms with Crippen molar-refractivity contribution in [1.82, 2.24) is 0 Å². The maximum Gasteiger partial charge on any atom is 0.321 e. The number of aliphatic hydroxyl groups excluding tert-OH is 1. The van der Waals surface area contributed by atoms with Gasteiger partial charge in [-0.2, -0.15) is 0 Å². The summed E-state index contributed by atoms with van der Waals surface area (Å²) in [5.41, 5.74) is 6.27. The quantitative estimate of drug-likeness (QED) is 0.676. The van der Waals surface area contributed by atoms with Crippen molar-refractivity contribution in [3.8, 4) is 0 Å². The highest BCUT2D eigenvalue weighted by Gasteiger charge is 2.29. The predicted molar refractivity (Wildman–Crippen MR) is 56.5 cm³/mol. The minimum atomic E-state index is -1.11. The number of aliphatic carboxylic acids is 1. The summed E-state index contributed by atoms with van der Waals surface area (Å²) >= 11 is 0. The minimum Gasteiger partial charge on any atom is -0.480 e. The fourth-order valence-corrected chi connectivity index (χ4v) is 1.61. The number of nitrogens with two attached hydrogens (primary N) is 1. The van der Waals surface area contributed by atoms with E-state index >= 15 is 0 Å². The molecular weight excluding hydrogens is 194 g/mol. The van der Waals surface area contributed by atoms with Gasteiger partial charge >= 0.3 is 5.97 Å². The lowest BCUT2D eigenvalue weighted by Gasteiger charge is -2.23. The molecule has 0 aromatic heterocycles. The van der Waals surface area contributed by atoms with Crippen molar-refractivity contribution >= 4 is 5.97 Å². The zero-order chi connectivity index (χ0) is 11.4. The summed E-state index contributed by atoms with van der Waals surface area (Å²) in [5.74, 6) is -1.69. The highest BCUT2D eigenvalue weighted by atomic mass is 16.4. The van der Waals surface area contributed by atoms with Crippen LogP contribution in [0.25, 0.3) is 0 Å². The molecule has 0 aliphatic carbocycles. The van der Waals surface area contributed by atoms with Crippen LogP contribution in [0, 0.1) is 0 Å². The molecule has 0 fully saturated rings. The maximum atomic E-state index is 10.8. The fraction of sp³-hybridized carbons (Fsp3) is 0.364. The third-order valence-corrected chi connectivity index (χ3v) is 2.38. The molecule has 0 spiro atoms. The molecule has 0 aliphatic heterocycles. The minimum absolute atomic E-state index is 0.580. The summed E-state index contributed by atoms with van der Waals surface area (Å²) in [6.07, 6.45) is -0.793. The standard InChI is InChI=1S/C11H15NO3/c1-7(13)9(10(12)11(14)15)8-5-3-2-4-6-8/h2-7,9-10,13H,12H2,1H3,(H,14,15)/t7?,9-,10?/m1/s1. The lowest BCUT2D eigenvalue weighted by molar-refractivity contribution is -0.139. The molecule has 15 heavy (non-hydrogen) atoms. The van der Waals surface area contributed by atoms with Gasteiger partial charge in [0.05, 0.1) is 6.10 Å². The zero-order valence-electron chi connectivity index (χ0n) is 8.50. The first-order chi connectivity index (χ1) is 7.04. The molecule has 4 N–H and O–H groups in total. The van der Waals surface area contributed by atoms with E-state index in [1.54, 1.807) is 31.2 Å². The average Bonchev–Trinajstić information content (AvgIpc) is 2.18. The van der Waals surface area contributed by atoms with Crippen LogP contribution in [0.2, 0.25) is 0 Å². The lowest BCUT2D eigenvalue weighted by atomic mass is 9.88. The molecule has 0 saturated carbocycles. The van der Waals surface area contributed by atoms with Crippen molar-refractivity contribution in [3.05, 3.63) is 35.9 Å². The van der Waals surface area contributed by atoms with E-state index in [0.29, 0.717) is 0 Å². The molecule has 0 amide bonds. The van der Waals surface area contributed by atoms with Crippen molar-refractivity contribution in [2.45, 2.75) is 25.0 Å². The Kier molecular flexibility index (Phi) is 3.82. The largest absolute Gasteiger partial charge is 0.480 e. The molecule has 3 atom stereocenters. The van der Waals surface area contributed by atoms with Crippen LogP contribution >= 0.6 is 0 Å². The molecule has 4 nitrogen and oxygen atoms in total. The van der Waals surface area contributed by atoms with E-state index in [9.17, 15) is 9.90 Å². The normalized spacial score (nSPS) is 16.7. The predicted octanol–water partition coefficient (Wildman–Crippen LogP) is 0.563. The van der Waals surface area contributed by atoms with Crippen LogP contribution in [0.4, 0.5) is 0 Å². The average molecular weight is 209 g/mol. The van der Waals surface area contributed by atoms with E-state index in [4.69, 9.17) is 10.8 Å². The second kappa shape index (κ2) is 4.91. The maximum absolute atomic E-state index is 10.8. The smallest absolute Gasteiger partial charge is 0.321 e. The van der Waals surface area contributed by atoms with Crippen LogP contribution in [0.1, 0.15) is 18.4 Å². The van der Waals surface area contributed by atoms with Gasteiger partial charge in [-0.05, 0) is 12.5 Å². The second-order valence-corrected chi connectivity index (χ2v) is 3.54. The van der Waals surface area contributed by atoms with Gasteiger partial charge < -0.3 is 15.9 Å². The van der Waals surface area contributed by atoms with Gasteiger partial charge in [0.1, 0.15) is 6.04 Å². The lowest BCUT2D eigenvalue weighted by Crippen LogP contribution is -2.41. The summed E-state index contributed by atoms with van der Waals surface area (Å²) in [6, 6.07) is 7.85. The van der Waals surface area contributed by atoms with Crippen LogP contribution in [0.3, 0.4) is 0 Å². The van der Waals surface area contributed by atoms with Crippen LogP contribution in [-0.4, -0.2) is 28.3 Å². The number of carboxylic acids is 1. The van der Waals surface area contributed by atoms with Gasteiger partial charge in [-0.3, -0.25) is 4.79 Å². The Balaban J connectivity index is 2.99. The Morgan fingerprint density at radius 3 is 2.27 bits per heavy atom. The third-order valence-electron chi connectivity index (χ3n) is 2.38. The molecule has 1 aromatic carbocycles. The van der Waals surface area contributed by atoms with Gasteiger partial charge in [0.15, 0.2) is 0 Å². The molecule has 2 unspecified atom stereocenters. The SMILES string of the molecule is CC(O)[C@H](c1ccccc1)C(N)C(=O)O. The number of aliphatic hydroxyl groups is 1. The number of hydrogen-bond acceptors (Lipinski definition) is 3. The van der Waals surface area contributed by atoms with Gasteiger partial charge in [-0.1, -0.05) is 30.3 Å². The van der Waals surface area contributed by atoms with Crippen LogP contribution < -0.4 is 5.73 Å². The highest BCUT2D eigenvalue weighted by molar-refractivity contribution is 5.74. The van der Waals surface area contributed by atoms with Gasteiger partial charge in [-0.15, -0.1) is 0 Å². The number of hydrogen-bond donors (Lipinski definition) is 3. The summed E-state index contributed by atoms with van der Waals surface area (Å²) in [7, 11) is 0. The van der Waals surface area contributed by atoms with Crippen molar-refractivity contribution < 1.29 is 15.0 Å². The van der Waals surface area contributed by atoms with E-state index in [1.807, 2.05) is 6.07 Å². The first kappa shape index (κ1) is 11.7. The molecule has 82 valence electrons. The third kappa shape index (κ3) is 2.78. The molecule has 0 bridgehead atoms. The molecule has 0 aliphatic rings. The topological polar surface area (TPSA) is 83.5 Å². The summed E-state index contributed by atoms with van der Waals surface area (Å²) in [6.45, 7) is 1.54. The van der Waals surface area contributed by atoms with E-state index < -0.39 is 24.0 Å². The highest BCUT2D eigenvalue weighted by Crippen LogP contribution is 2.22. The van der Waals surface area contributed by atoms with Crippen molar-refractivity contribution in [1.29, 1.82) is 0 Å². The summed E-state index contributed by atoms with van der Waals surface area (Å²) < 4.78 is 0. The Morgan fingerprint density at radius 2 is 1.87 bits per heavy atom. The molecule has 4 heteroatoms. The van der Waals surface area contributed by atoms with E-state index in [-0.39, 0.29) is 0 Å². The number of carbonyl (C=O) groups is 1. The first-order valence-corrected chi connectivity index (χ1v) is 4.75. The van der Waals surface area contributed by atoms with E-state index in [2.05, 4.69) is 0 Å². The molecule has 0 heterocycles. The molecular formula is C11H15NO3. The molecule has 0 radical (unpaired) electrons. The summed E-state index contributed by atoms with van der Waals surface area (Å²) in [4.78, 5) is 10.8. The number of rotatable bonds is 4. The fourth-order valence-electron chi connectivity index (χ4n) is 1.61.